The van der Waals surface area contributed by atoms with Crippen molar-refractivity contribution in [3.05, 3.63) is 93.4 Å². The summed E-state index contributed by atoms with van der Waals surface area (Å²) in [6.45, 7) is 5.36. The molecular formula is C28H27F5N4O3. The highest BCUT2D eigenvalue weighted by atomic mass is 19.4. The Morgan fingerprint density at radius 1 is 1.15 bits per heavy atom. The van der Waals surface area contributed by atoms with Crippen LogP contribution in [0.2, 0.25) is 0 Å². The van der Waals surface area contributed by atoms with Crippen molar-refractivity contribution in [2.45, 2.75) is 58.9 Å². The lowest BCUT2D eigenvalue weighted by Gasteiger charge is -2.30. The van der Waals surface area contributed by atoms with E-state index in [1.54, 1.807) is 44.2 Å². The maximum atomic E-state index is 13.6. The lowest BCUT2D eigenvalue weighted by Crippen LogP contribution is -2.39. The molecule has 0 aliphatic rings. The van der Waals surface area contributed by atoms with Crippen LogP contribution in [0.3, 0.4) is 0 Å². The quantitative estimate of drug-likeness (QED) is 0.236. The lowest BCUT2D eigenvalue weighted by molar-refractivity contribution is -0.137. The number of aromatic nitrogens is 2. The van der Waals surface area contributed by atoms with Crippen LogP contribution in [0.5, 0.6) is 0 Å². The fourth-order valence-corrected chi connectivity index (χ4v) is 4.49. The first-order valence-electron chi connectivity index (χ1n) is 12.5. The first-order valence-corrected chi connectivity index (χ1v) is 12.5. The maximum Gasteiger partial charge on any atom is 0.416 e. The Bertz CT molecular complexity index is 1560. The third kappa shape index (κ3) is 6.32. The normalized spacial score (nSPS) is 12.6. The fourth-order valence-electron chi connectivity index (χ4n) is 4.49. The fraction of sp³-hybridized carbons (Fsp3) is 0.321. The van der Waals surface area contributed by atoms with E-state index in [9.17, 15) is 31.5 Å². The van der Waals surface area contributed by atoms with E-state index >= 15 is 0 Å². The molecule has 0 aliphatic heterocycles. The number of hydrogen-bond donors (Lipinski definition) is 1. The van der Waals surface area contributed by atoms with Crippen molar-refractivity contribution in [1.82, 2.24) is 14.5 Å². The van der Waals surface area contributed by atoms with E-state index in [0.29, 0.717) is 28.8 Å². The third-order valence-electron chi connectivity index (χ3n) is 6.43. The molecule has 4 rings (SSSR count). The molecule has 0 aliphatic carbocycles. The first-order chi connectivity index (χ1) is 18.9. The molecular weight excluding hydrogens is 535 g/mol. The number of nitrogens with zero attached hydrogens (tertiary/aromatic N) is 3. The molecule has 0 radical (unpaired) electrons. The van der Waals surface area contributed by atoms with Gasteiger partial charge in [0, 0.05) is 18.7 Å². The second-order valence-corrected chi connectivity index (χ2v) is 9.36. The molecule has 2 heterocycles. The van der Waals surface area contributed by atoms with E-state index in [1.165, 1.54) is 15.7 Å². The van der Waals surface area contributed by atoms with Gasteiger partial charge in [0.25, 0.3) is 5.56 Å². The zero-order valence-electron chi connectivity index (χ0n) is 21.9. The predicted molar refractivity (Wildman–Crippen MR) is 139 cm³/mol. The number of benzene rings is 2. The Morgan fingerprint density at radius 3 is 2.52 bits per heavy atom. The van der Waals surface area contributed by atoms with Crippen LogP contribution in [0.4, 0.5) is 32.4 Å². The summed E-state index contributed by atoms with van der Waals surface area (Å²) in [5.74, 6) is 0.626. The summed E-state index contributed by atoms with van der Waals surface area (Å²) in [6, 6.07) is 9.14. The van der Waals surface area contributed by atoms with Crippen molar-refractivity contribution < 1.29 is 31.2 Å². The molecule has 0 spiro atoms. The van der Waals surface area contributed by atoms with Gasteiger partial charge in [-0.1, -0.05) is 6.07 Å². The molecule has 0 saturated carbocycles. The van der Waals surface area contributed by atoms with Gasteiger partial charge >= 0.3 is 12.2 Å². The number of carbonyl (C=O) groups excluding carboxylic acids is 1. The van der Waals surface area contributed by atoms with Crippen molar-refractivity contribution in [3.63, 3.8) is 0 Å². The number of urea groups is 1. The molecule has 212 valence electrons. The highest BCUT2D eigenvalue weighted by molar-refractivity contribution is 5.90. The average Bonchev–Trinajstić information content (AvgIpc) is 3.39. The largest absolute Gasteiger partial charge is 0.467 e. The molecule has 1 unspecified atom stereocenters. The maximum absolute atomic E-state index is 13.6. The number of furan rings is 1. The van der Waals surface area contributed by atoms with Gasteiger partial charge in [-0.05, 0) is 74.4 Å². The molecule has 2 aromatic heterocycles. The second kappa shape index (κ2) is 11.5. The Kier molecular flexibility index (Phi) is 8.26. The van der Waals surface area contributed by atoms with Gasteiger partial charge in [-0.15, -0.1) is 0 Å². The van der Waals surface area contributed by atoms with Crippen LogP contribution in [0.25, 0.3) is 10.9 Å². The second-order valence-electron chi connectivity index (χ2n) is 9.36. The number of halogens is 5. The van der Waals surface area contributed by atoms with Crippen LogP contribution >= 0.6 is 0 Å². The molecule has 2 amide bonds. The van der Waals surface area contributed by atoms with Gasteiger partial charge in [0.1, 0.15) is 11.6 Å². The topological polar surface area (TPSA) is 80.4 Å². The number of hydrogen-bond acceptors (Lipinski definition) is 4. The van der Waals surface area contributed by atoms with Gasteiger partial charge in [-0.25, -0.2) is 18.6 Å². The Labute approximate surface area is 226 Å². The van der Waals surface area contributed by atoms with Gasteiger partial charge in [0.15, 0.2) is 0 Å². The van der Waals surface area contributed by atoms with Gasteiger partial charge in [0.2, 0.25) is 6.43 Å². The standard InChI is InChI=1S/C28H27F5N4O3/c1-4-36-25(35-23-10-16(2)7-8-22(23)26(36)38)17(3)37(15-21-6-5-9-40-21)27(39)34-20-12-18(13-24(29)30)11-19(14-20)28(31,32)33/h5-12,14,17,24H,4,13,15H2,1-3H3,(H,34,39). The van der Waals surface area contributed by atoms with E-state index in [2.05, 4.69) is 10.3 Å². The summed E-state index contributed by atoms with van der Waals surface area (Å²) >= 11 is 0. The summed E-state index contributed by atoms with van der Waals surface area (Å²) in [5, 5.41) is 2.82. The summed E-state index contributed by atoms with van der Waals surface area (Å²) in [4.78, 5) is 32.8. The molecule has 0 fully saturated rings. The first kappa shape index (κ1) is 28.8. The molecule has 7 nitrogen and oxygen atoms in total. The van der Waals surface area contributed by atoms with Gasteiger partial charge in [-0.2, -0.15) is 13.2 Å². The molecule has 12 heteroatoms. The van der Waals surface area contributed by atoms with E-state index in [0.717, 1.165) is 11.6 Å². The number of fused-ring (bicyclic) bond motifs is 1. The highest BCUT2D eigenvalue weighted by Crippen LogP contribution is 2.33. The van der Waals surface area contributed by atoms with Crippen LogP contribution in [0, 0.1) is 6.92 Å². The summed E-state index contributed by atoms with van der Waals surface area (Å²) in [7, 11) is 0. The molecule has 0 bridgehead atoms. The number of aryl methyl sites for hydroxylation is 1. The van der Waals surface area contributed by atoms with Crippen molar-refractivity contribution in [2.24, 2.45) is 0 Å². The van der Waals surface area contributed by atoms with Gasteiger partial charge in [-0.3, -0.25) is 9.36 Å². The monoisotopic (exact) mass is 562 g/mol. The highest BCUT2D eigenvalue weighted by Gasteiger charge is 2.32. The number of nitrogens with one attached hydrogen (secondary N) is 1. The summed E-state index contributed by atoms with van der Waals surface area (Å²) < 4.78 is 73.3. The van der Waals surface area contributed by atoms with Crippen LogP contribution < -0.4 is 10.9 Å². The Hall–Kier alpha value is -4.22. The van der Waals surface area contributed by atoms with Gasteiger partial charge in [0.05, 0.1) is 35.3 Å². The molecule has 1 N–H and O–H groups in total. The minimum Gasteiger partial charge on any atom is -0.467 e. The van der Waals surface area contributed by atoms with Crippen LogP contribution in [-0.2, 0) is 25.7 Å². The SMILES string of the molecule is CCn1c(C(C)N(Cc2ccco2)C(=O)Nc2cc(CC(F)F)cc(C(F)(F)F)c2)nc2cc(C)ccc2c1=O. The predicted octanol–water partition coefficient (Wildman–Crippen LogP) is 6.94. The van der Waals surface area contributed by atoms with Crippen LogP contribution in [0.1, 0.15) is 48.2 Å². The lowest BCUT2D eigenvalue weighted by atomic mass is 10.1. The minimum atomic E-state index is -4.82. The number of amides is 2. The minimum absolute atomic E-state index is 0.117. The van der Waals surface area contributed by atoms with Gasteiger partial charge < -0.3 is 14.6 Å². The van der Waals surface area contributed by atoms with Crippen molar-refractivity contribution >= 4 is 22.6 Å². The van der Waals surface area contributed by atoms with Crippen LogP contribution in [-0.4, -0.2) is 26.9 Å². The molecule has 0 saturated heterocycles. The van der Waals surface area contributed by atoms with Crippen molar-refractivity contribution in [2.75, 3.05) is 5.32 Å². The average molecular weight is 563 g/mol. The Balaban J connectivity index is 1.77. The summed E-state index contributed by atoms with van der Waals surface area (Å²) in [6.07, 6.45) is -7.21. The smallest absolute Gasteiger partial charge is 0.416 e. The number of rotatable bonds is 8. The van der Waals surface area contributed by atoms with Crippen molar-refractivity contribution in [3.8, 4) is 0 Å². The zero-order chi connectivity index (χ0) is 29.2. The zero-order valence-corrected chi connectivity index (χ0v) is 21.9. The molecule has 4 aromatic rings. The van der Waals surface area contributed by atoms with E-state index < -0.39 is 36.7 Å². The van der Waals surface area contributed by atoms with Crippen LogP contribution in [0.15, 0.2) is 64.0 Å². The number of carbonyl (C=O) groups is 1. The molecule has 2 aromatic carbocycles. The number of anilines is 1. The van der Waals surface area contributed by atoms with E-state index in [1.807, 2.05) is 6.92 Å². The van der Waals surface area contributed by atoms with E-state index in [-0.39, 0.29) is 35.7 Å². The Morgan fingerprint density at radius 2 is 1.90 bits per heavy atom. The van der Waals surface area contributed by atoms with Crippen molar-refractivity contribution in [1.29, 1.82) is 0 Å². The molecule has 1 atom stereocenters. The molecule has 40 heavy (non-hydrogen) atoms. The number of alkyl halides is 5. The summed E-state index contributed by atoms with van der Waals surface area (Å²) in [5.41, 5.74) is -0.745. The van der Waals surface area contributed by atoms with E-state index in [4.69, 9.17) is 4.42 Å². The third-order valence-corrected chi connectivity index (χ3v) is 6.43.